The number of hydrogen-bond donors (Lipinski definition) is 0. The molecule has 5 nitrogen and oxygen atoms in total. The minimum Gasteiger partial charge on any atom is -0.509 e. The number of anilines is 4. The fourth-order valence-corrected chi connectivity index (χ4v) is 8.86. The van der Waals surface area contributed by atoms with Gasteiger partial charge in [0, 0.05) is 82.1 Å². The van der Waals surface area contributed by atoms with Crippen LogP contribution in [0.2, 0.25) is 0 Å². The number of nitrogens with zero attached hydrogens (tertiary/aromatic N) is 4. The number of benzene rings is 8. The SMILES string of the molecule is [2H]C([2H])([2H])c1cc(-n2c3[c-]c(Oc4[c-]c(N5[CH-]N(c6c(-c7ccccc7)cccc6-c6ccccc6)c6ccccc65)ccc4)ccc3c3ccccc32)ncc1-c1ccc(C(C)(C)C)cc1.[Pt]. The third kappa shape index (κ3) is 7.70. The molecule has 65 heavy (non-hydrogen) atoms. The van der Waals surface area contributed by atoms with Gasteiger partial charge >= 0.3 is 0 Å². The first-order valence-corrected chi connectivity index (χ1v) is 21.5. The van der Waals surface area contributed by atoms with E-state index in [0.29, 0.717) is 28.4 Å². The summed E-state index contributed by atoms with van der Waals surface area (Å²) in [7, 11) is 0. The molecule has 1 aliphatic rings. The van der Waals surface area contributed by atoms with Crippen molar-refractivity contribution in [2.45, 2.75) is 33.0 Å². The van der Waals surface area contributed by atoms with Gasteiger partial charge in [0.05, 0.1) is 0 Å². The van der Waals surface area contributed by atoms with Crippen molar-refractivity contribution in [1.29, 1.82) is 0 Å². The maximum Gasteiger partial charge on any atom is 0.135 e. The van der Waals surface area contributed by atoms with Crippen LogP contribution in [0.15, 0.2) is 194 Å². The number of pyridine rings is 1. The molecule has 6 heteroatoms. The van der Waals surface area contributed by atoms with E-state index in [1.54, 1.807) is 12.3 Å². The maximum atomic E-state index is 8.63. The normalized spacial score (nSPS) is 13.2. The summed E-state index contributed by atoms with van der Waals surface area (Å²) < 4.78 is 34.5. The average molecular weight is 1020 g/mol. The first-order valence-electron chi connectivity index (χ1n) is 23.0. The summed E-state index contributed by atoms with van der Waals surface area (Å²) >= 11 is 0. The first-order chi connectivity index (χ1) is 32.5. The molecule has 0 radical (unpaired) electrons. The van der Waals surface area contributed by atoms with Gasteiger partial charge in [0.1, 0.15) is 5.82 Å². The fourth-order valence-electron chi connectivity index (χ4n) is 8.86. The zero-order chi connectivity index (χ0) is 45.9. The number of aromatic nitrogens is 2. The standard InChI is InChI=1S/C59H45N4O.Pt/c1-40-35-57(60-38-52(40)43-29-31-44(32-30-43)59(2,3)4)63-53-26-12-11-23-50(53)51-34-33-47(37-56(51)63)64-46-22-15-21-45(36-46)61-39-62(55-28-14-13-27-54(55)61)58-48(41-17-7-5-8-18-41)24-16-25-49(58)42-19-9-6-10-20-42;/h5-35,38-39H,1-4H3;/q-3;/i1D3;. The van der Waals surface area contributed by atoms with Crippen molar-refractivity contribution in [1.82, 2.24) is 9.55 Å². The van der Waals surface area contributed by atoms with Crippen LogP contribution in [0.5, 0.6) is 11.5 Å². The summed E-state index contributed by atoms with van der Waals surface area (Å²) in [5.41, 5.74) is 12.7. The number of fused-ring (bicyclic) bond motifs is 4. The zero-order valence-corrected chi connectivity index (χ0v) is 38.3. The molecule has 0 aliphatic carbocycles. The summed E-state index contributed by atoms with van der Waals surface area (Å²) in [6.07, 6.45) is 1.68. The number of hydrogen-bond acceptors (Lipinski definition) is 4. The molecule has 11 rings (SSSR count). The van der Waals surface area contributed by atoms with E-state index in [2.05, 4.69) is 159 Å². The molecule has 320 valence electrons. The monoisotopic (exact) mass is 1020 g/mol. The fraction of sp³-hybridized carbons (Fsp3) is 0.0847. The smallest absolute Gasteiger partial charge is 0.135 e. The minimum absolute atomic E-state index is 0. The van der Waals surface area contributed by atoms with E-state index in [1.165, 1.54) is 5.56 Å². The Morgan fingerprint density at radius 2 is 1.18 bits per heavy atom. The molecular formula is C59H45N4OPt-3. The number of ether oxygens (including phenoxy) is 1. The molecule has 0 spiro atoms. The second kappa shape index (κ2) is 17.1. The van der Waals surface area contributed by atoms with Gasteiger partial charge in [-0.25, -0.2) is 4.98 Å². The van der Waals surface area contributed by atoms with E-state index in [9.17, 15) is 0 Å². The van der Waals surface area contributed by atoms with Gasteiger partial charge in [0.2, 0.25) is 0 Å². The van der Waals surface area contributed by atoms with Gasteiger partial charge in [-0.1, -0.05) is 160 Å². The van der Waals surface area contributed by atoms with Crippen LogP contribution in [-0.2, 0) is 26.5 Å². The van der Waals surface area contributed by atoms with Gasteiger partial charge in [0.15, 0.2) is 0 Å². The molecule has 3 heterocycles. The molecule has 1 aliphatic heterocycles. The summed E-state index contributed by atoms with van der Waals surface area (Å²) in [6.45, 7) is 6.23. The molecule has 0 unspecified atom stereocenters. The summed E-state index contributed by atoms with van der Waals surface area (Å²) in [5, 5.41) is 1.93. The number of aryl methyl sites for hydroxylation is 1. The van der Waals surface area contributed by atoms with E-state index >= 15 is 0 Å². The van der Waals surface area contributed by atoms with Crippen molar-refractivity contribution in [3.8, 4) is 50.7 Å². The van der Waals surface area contributed by atoms with E-state index in [1.807, 2.05) is 77.4 Å². The van der Waals surface area contributed by atoms with Gasteiger partial charge < -0.3 is 19.1 Å². The number of rotatable bonds is 8. The molecule has 8 aromatic carbocycles. The Morgan fingerprint density at radius 3 is 1.88 bits per heavy atom. The van der Waals surface area contributed by atoms with Crippen molar-refractivity contribution >= 4 is 44.6 Å². The molecule has 0 atom stereocenters. The van der Waals surface area contributed by atoms with Crippen LogP contribution in [0.25, 0.3) is 61.0 Å². The van der Waals surface area contributed by atoms with Crippen molar-refractivity contribution in [3.05, 3.63) is 224 Å². The Labute approximate surface area is 399 Å². The van der Waals surface area contributed by atoms with E-state index in [-0.39, 0.29) is 32.0 Å². The topological polar surface area (TPSA) is 33.5 Å². The Bertz CT molecular complexity index is 3400. The van der Waals surface area contributed by atoms with Crippen molar-refractivity contribution in [2.75, 3.05) is 9.80 Å². The summed E-state index contributed by atoms with van der Waals surface area (Å²) in [5.74, 6) is 1.47. The van der Waals surface area contributed by atoms with E-state index < -0.39 is 6.85 Å². The molecule has 0 saturated heterocycles. The van der Waals surface area contributed by atoms with Crippen LogP contribution in [0.3, 0.4) is 0 Å². The second-order valence-corrected chi connectivity index (χ2v) is 17.1. The third-order valence-electron chi connectivity index (χ3n) is 12.0. The van der Waals surface area contributed by atoms with Crippen molar-refractivity contribution in [2.24, 2.45) is 0 Å². The quantitative estimate of drug-likeness (QED) is 0.142. The van der Waals surface area contributed by atoms with Crippen molar-refractivity contribution < 1.29 is 29.9 Å². The molecular weight excluding hydrogens is 976 g/mol. The van der Waals surface area contributed by atoms with Gasteiger partial charge in [-0.3, -0.25) is 0 Å². The Balaban J connectivity index is 0.00000539. The molecule has 0 amide bonds. The third-order valence-corrected chi connectivity index (χ3v) is 12.0. The maximum absolute atomic E-state index is 8.63. The predicted molar refractivity (Wildman–Crippen MR) is 264 cm³/mol. The van der Waals surface area contributed by atoms with Crippen LogP contribution in [0.4, 0.5) is 22.7 Å². The largest absolute Gasteiger partial charge is 0.509 e. The van der Waals surface area contributed by atoms with Gasteiger partial charge in [0.25, 0.3) is 0 Å². The predicted octanol–water partition coefficient (Wildman–Crippen LogP) is 15.6. The van der Waals surface area contributed by atoms with Crippen LogP contribution < -0.4 is 14.5 Å². The average Bonchev–Trinajstić information content (AvgIpc) is 3.90. The van der Waals surface area contributed by atoms with Crippen LogP contribution in [-0.4, -0.2) is 9.55 Å². The zero-order valence-electron chi connectivity index (χ0n) is 39.1. The molecule has 2 aromatic heterocycles. The summed E-state index contributed by atoms with van der Waals surface area (Å²) in [4.78, 5) is 9.37. The van der Waals surface area contributed by atoms with Crippen molar-refractivity contribution in [3.63, 3.8) is 0 Å². The van der Waals surface area contributed by atoms with E-state index in [0.717, 1.165) is 66.9 Å². The van der Waals surface area contributed by atoms with Crippen LogP contribution in [0.1, 0.15) is 36.0 Å². The van der Waals surface area contributed by atoms with Gasteiger partial charge in [-0.05, 0) is 69.7 Å². The first kappa shape index (κ1) is 38.3. The Hall–Kier alpha value is -7.20. The molecule has 0 fully saturated rings. The van der Waals surface area contributed by atoms with Gasteiger partial charge in [-0.2, -0.15) is 12.1 Å². The Kier molecular flexibility index (Phi) is 10.0. The Morgan fingerprint density at radius 1 is 0.569 bits per heavy atom. The second-order valence-electron chi connectivity index (χ2n) is 17.1. The molecule has 0 saturated carbocycles. The molecule has 0 N–H and O–H groups in total. The molecule has 10 aromatic rings. The van der Waals surface area contributed by atoms with Crippen LogP contribution in [0, 0.1) is 25.7 Å². The van der Waals surface area contributed by atoms with E-state index in [4.69, 9.17) is 13.8 Å². The molecule has 0 bridgehead atoms. The number of para-hydroxylation sites is 4. The van der Waals surface area contributed by atoms with Crippen LogP contribution >= 0.6 is 0 Å². The summed E-state index contributed by atoms with van der Waals surface area (Å²) in [6, 6.07) is 70.7. The minimum atomic E-state index is -2.40. The van der Waals surface area contributed by atoms with Gasteiger partial charge in [-0.15, -0.1) is 48.1 Å².